The Morgan fingerprint density at radius 2 is 1.66 bits per heavy atom. The molecule has 0 bridgehead atoms. The molecule has 0 aromatic carbocycles. The van der Waals surface area contributed by atoms with Crippen LogP contribution in [0.5, 0.6) is 0 Å². The van der Waals surface area contributed by atoms with Crippen molar-refractivity contribution in [3.05, 3.63) is 0 Å². The predicted octanol–water partition coefficient (Wildman–Crippen LogP) is 2.97. The molecule has 172 valence electrons. The van der Waals surface area contributed by atoms with Crippen molar-refractivity contribution in [1.82, 2.24) is 4.90 Å². The van der Waals surface area contributed by atoms with Gasteiger partial charge < -0.3 is 25.0 Å². The smallest absolute Gasteiger partial charge is 0.309 e. The highest BCUT2D eigenvalue weighted by atomic mass is 16.6. The van der Waals surface area contributed by atoms with Gasteiger partial charge in [-0.15, -0.1) is 0 Å². The summed E-state index contributed by atoms with van der Waals surface area (Å²) in [6, 6.07) is -0.337. The van der Waals surface area contributed by atoms with Gasteiger partial charge >= 0.3 is 5.97 Å². The summed E-state index contributed by atoms with van der Waals surface area (Å²) in [5, 5.41) is 33.2. The molecule has 1 aliphatic heterocycles. The molecule has 0 saturated carbocycles. The number of hydrogen-bond acceptors (Lipinski definition) is 6. The van der Waals surface area contributed by atoms with Crippen LogP contribution in [0.2, 0.25) is 0 Å². The summed E-state index contributed by atoms with van der Waals surface area (Å²) in [5.41, 5.74) is -2.33. The Kier molecular flexibility index (Phi) is 9.59. The summed E-state index contributed by atoms with van der Waals surface area (Å²) < 4.78 is 5.68. The number of nitrogens with zero attached hydrogens (tertiary/aromatic N) is 1. The topological polar surface area (TPSA) is 90.2 Å². The van der Waals surface area contributed by atoms with E-state index in [-0.39, 0.29) is 29.8 Å². The molecule has 1 rings (SSSR count). The van der Waals surface area contributed by atoms with Gasteiger partial charge in [0, 0.05) is 12.6 Å². The fraction of sp³-hybridized carbons (Fsp3) is 0.957. The molecule has 0 radical (unpaired) electrons. The lowest BCUT2D eigenvalue weighted by Gasteiger charge is -2.42. The second-order valence-corrected chi connectivity index (χ2v) is 10.0. The monoisotopic (exact) mass is 415 g/mol. The molecular formula is C23H45NO5. The van der Waals surface area contributed by atoms with Crippen molar-refractivity contribution in [3.8, 4) is 0 Å². The maximum absolute atomic E-state index is 12.7. The quantitative estimate of drug-likeness (QED) is 0.601. The van der Waals surface area contributed by atoms with E-state index in [0.29, 0.717) is 38.6 Å². The van der Waals surface area contributed by atoms with Gasteiger partial charge in [-0.3, -0.25) is 4.79 Å². The standard InChI is InChI=1S/C23H45NO5/c1-9-19-22(7,27)20(25)18(6)24(8)14-16(4)13-23(28,10-2)12-15(3)11-17(5)21(26)29-19/h15-20,25,27-28H,9-14H2,1-8H3/t15-,16+,17+,18+,19+,20+,22+,23-/m0/s1. The Morgan fingerprint density at radius 3 is 2.17 bits per heavy atom. The van der Waals surface area contributed by atoms with E-state index in [1.54, 1.807) is 6.92 Å². The SMILES string of the molecule is CC[C@H]1OC(=O)[C@H](C)C[C@H](C)C[C@@](O)(CC)C[C@@H](C)CN(C)[C@H](C)[C@@H](O)[C@]1(C)O. The summed E-state index contributed by atoms with van der Waals surface area (Å²) in [5.74, 6) is -0.307. The van der Waals surface area contributed by atoms with Gasteiger partial charge in [0.1, 0.15) is 17.8 Å². The molecule has 0 amide bonds. The highest BCUT2D eigenvalue weighted by Gasteiger charge is 2.45. The lowest BCUT2D eigenvalue weighted by molar-refractivity contribution is -0.189. The second-order valence-electron chi connectivity index (χ2n) is 10.0. The Balaban J connectivity index is 3.23. The number of cyclic esters (lactones) is 1. The average molecular weight is 416 g/mol. The Hall–Kier alpha value is -0.690. The molecule has 6 nitrogen and oxygen atoms in total. The molecule has 1 heterocycles. The minimum atomic E-state index is -1.56. The van der Waals surface area contributed by atoms with Gasteiger partial charge in [0.05, 0.1) is 11.5 Å². The first-order chi connectivity index (χ1) is 13.3. The zero-order valence-corrected chi connectivity index (χ0v) is 19.8. The van der Waals surface area contributed by atoms with Crippen LogP contribution in [0.15, 0.2) is 0 Å². The first kappa shape index (κ1) is 26.3. The summed E-state index contributed by atoms with van der Waals surface area (Å²) in [6.45, 7) is 14.0. The van der Waals surface area contributed by atoms with Crippen LogP contribution in [0.4, 0.5) is 0 Å². The summed E-state index contributed by atoms with van der Waals surface area (Å²) in [4.78, 5) is 14.7. The van der Waals surface area contributed by atoms with Crippen molar-refractivity contribution in [2.24, 2.45) is 17.8 Å². The van der Waals surface area contributed by atoms with Gasteiger partial charge in [0.2, 0.25) is 0 Å². The summed E-state index contributed by atoms with van der Waals surface area (Å²) in [6.07, 6.45) is 1.13. The number of ether oxygens (including phenoxy) is 1. The van der Waals surface area contributed by atoms with Crippen LogP contribution in [0.1, 0.15) is 80.6 Å². The average Bonchev–Trinajstić information content (AvgIpc) is 2.62. The van der Waals surface area contributed by atoms with Crippen molar-refractivity contribution < 1.29 is 24.9 Å². The first-order valence-corrected chi connectivity index (χ1v) is 11.3. The highest BCUT2D eigenvalue weighted by Crippen LogP contribution is 2.33. The third kappa shape index (κ3) is 6.91. The minimum Gasteiger partial charge on any atom is -0.459 e. The lowest BCUT2D eigenvalue weighted by atomic mass is 9.79. The molecular weight excluding hydrogens is 370 g/mol. The van der Waals surface area contributed by atoms with E-state index in [1.165, 1.54) is 0 Å². The minimum absolute atomic E-state index is 0.169. The van der Waals surface area contributed by atoms with E-state index in [4.69, 9.17) is 4.74 Å². The molecule has 1 fully saturated rings. The zero-order valence-electron chi connectivity index (χ0n) is 19.8. The second kappa shape index (κ2) is 10.6. The summed E-state index contributed by atoms with van der Waals surface area (Å²) in [7, 11) is 1.92. The molecule has 0 aromatic rings. The number of carbonyl (C=O) groups is 1. The molecule has 0 aromatic heterocycles. The maximum atomic E-state index is 12.7. The van der Waals surface area contributed by atoms with Crippen molar-refractivity contribution in [1.29, 1.82) is 0 Å². The van der Waals surface area contributed by atoms with Crippen LogP contribution >= 0.6 is 0 Å². The normalized spacial score (nSPS) is 44.6. The molecule has 8 atom stereocenters. The van der Waals surface area contributed by atoms with Crippen LogP contribution in [0, 0.1) is 17.8 Å². The van der Waals surface area contributed by atoms with Gasteiger partial charge in [0.15, 0.2) is 0 Å². The molecule has 1 saturated heterocycles. The molecule has 3 N–H and O–H groups in total. The summed E-state index contributed by atoms with van der Waals surface area (Å²) >= 11 is 0. The number of aliphatic hydroxyl groups is 3. The molecule has 6 heteroatoms. The van der Waals surface area contributed by atoms with E-state index >= 15 is 0 Å². The van der Waals surface area contributed by atoms with E-state index in [0.717, 1.165) is 0 Å². The van der Waals surface area contributed by atoms with E-state index < -0.39 is 23.4 Å². The number of aliphatic hydroxyl groups excluding tert-OH is 1. The van der Waals surface area contributed by atoms with Crippen LogP contribution in [0.3, 0.4) is 0 Å². The largest absolute Gasteiger partial charge is 0.459 e. The molecule has 0 spiro atoms. The van der Waals surface area contributed by atoms with Crippen molar-refractivity contribution in [2.45, 2.75) is 110 Å². The van der Waals surface area contributed by atoms with Crippen LogP contribution < -0.4 is 0 Å². The van der Waals surface area contributed by atoms with Crippen LogP contribution in [-0.2, 0) is 9.53 Å². The zero-order chi connectivity index (χ0) is 22.6. The van der Waals surface area contributed by atoms with Crippen molar-refractivity contribution >= 4 is 5.97 Å². The maximum Gasteiger partial charge on any atom is 0.309 e. The van der Waals surface area contributed by atoms with Crippen molar-refractivity contribution in [3.63, 3.8) is 0 Å². The van der Waals surface area contributed by atoms with Crippen LogP contribution in [-0.4, -0.2) is 69.2 Å². The van der Waals surface area contributed by atoms with Gasteiger partial charge in [0.25, 0.3) is 0 Å². The highest BCUT2D eigenvalue weighted by molar-refractivity contribution is 5.72. The fourth-order valence-electron chi connectivity index (χ4n) is 4.97. The van der Waals surface area contributed by atoms with Gasteiger partial charge in [-0.25, -0.2) is 0 Å². The Labute approximate surface area is 177 Å². The van der Waals surface area contributed by atoms with E-state index in [1.807, 2.05) is 39.6 Å². The van der Waals surface area contributed by atoms with Crippen LogP contribution in [0.25, 0.3) is 0 Å². The van der Waals surface area contributed by atoms with Gasteiger partial charge in [-0.1, -0.05) is 34.6 Å². The molecule has 0 unspecified atom stereocenters. The number of likely N-dealkylation sites (N-methyl/N-ethyl adjacent to an activating group) is 1. The molecule has 1 aliphatic rings. The van der Waals surface area contributed by atoms with Gasteiger partial charge in [-0.05, 0) is 64.8 Å². The number of hydrogen-bond donors (Lipinski definition) is 3. The Bertz CT molecular complexity index is 525. The first-order valence-electron chi connectivity index (χ1n) is 11.3. The van der Waals surface area contributed by atoms with Gasteiger partial charge in [-0.2, -0.15) is 0 Å². The number of carbonyl (C=O) groups excluding carboxylic acids is 1. The Morgan fingerprint density at radius 1 is 1.10 bits per heavy atom. The predicted molar refractivity (Wildman–Crippen MR) is 115 cm³/mol. The number of esters is 1. The van der Waals surface area contributed by atoms with Crippen molar-refractivity contribution in [2.75, 3.05) is 13.6 Å². The van der Waals surface area contributed by atoms with E-state index in [2.05, 4.69) is 13.8 Å². The third-order valence-electron chi connectivity index (χ3n) is 6.90. The number of rotatable bonds is 2. The molecule has 0 aliphatic carbocycles. The van der Waals surface area contributed by atoms with E-state index in [9.17, 15) is 20.1 Å². The fourth-order valence-corrected chi connectivity index (χ4v) is 4.97. The molecule has 29 heavy (non-hydrogen) atoms. The third-order valence-corrected chi connectivity index (χ3v) is 6.90. The lowest BCUT2D eigenvalue weighted by Crippen LogP contribution is -2.58.